The molecule has 9 nitrogen and oxygen atoms in total. The SMILES string of the molecule is CC/C=C\C/C=C\C/C=C\C/C=C\C(CCCCCC(=O)NCC(=O)NC(CO)C(=O)O)OC(=O)CCCCCCC/C=C\CCCCCCCC. The van der Waals surface area contributed by atoms with Crippen LogP contribution in [0.4, 0.5) is 0 Å². The Morgan fingerprint density at radius 3 is 1.75 bits per heavy atom. The van der Waals surface area contributed by atoms with Crippen LogP contribution in [0, 0.1) is 0 Å². The normalized spacial score (nSPS) is 13.1. The van der Waals surface area contributed by atoms with E-state index in [1.54, 1.807) is 0 Å². The van der Waals surface area contributed by atoms with E-state index in [2.05, 4.69) is 73.1 Å². The van der Waals surface area contributed by atoms with Gasteiger partial charge in [0.15, 0.2) is 0 Å². The molecule has 0 heterocycles. The molecule has 0 aromatic rings. The summed E-state index contributed by atoms with van der Waals surface area (Å²) in [4.78, 5) is 47.6. The van der Waals surface area contributed by atoms with E-state index in [1.807, 2.05) is 12.2 Å². The van der Waals surface area contributed by atoms with Crippen LogP contribution in [0.3, 0.4) is 0 Å². The van der Waals surface area contributed by atoms with E-state index in [4.69, 9.17) is 14.9 Å². The summed E-state index contributed by atoms with van der Waals surface area (Å²) < 4.78 is 5.85. The molecule has 0 radical (unpaired) electrons. The standard InChI is InChI=1S/C43H72N2O7/c1-3-5-7-9-11-13-15-16-17-18-20-22-24-26-31-35-42(49)52-38(32-28-25-23-21-19-14-12-10-8-6-4-2)33-29-27-30-34-40(47)44-36-41(48)45-39(37-46)43(50)51/h6,8,12,14,16-17,21,23,28,32,38-39,46H,3-5,7,9-11,13,15,18-20,22,24-27,29-31,33-37H2,1-2H3,(H,44,47)(H,45,48)(H,50,51)/b8-6-,14-12-,17-16-,23-21-,32-28-. The number of allylic oxidation sites excluding steroid dienone is 9. The van der Waals surface area contributed by atoms with Gasteiger partial charge in [0.05, 0.1) is 13.2 Å². The zero-order valence-electron chi connectivity index (χ0n) is 32.5. The summed E-state index contributed by atoms with van der Waals surface area (Å²) in [7, 11) is 0. The van der Waals surface area contributed by atoms with Crippen molar-refractivity contribution in [1.29, 1.82) is 0 Å². The molecule has 0 spiro atoms. The highest BCUT2D eigenvalue weighted by atomic mass is 16.5. The largest absolute Gasteiger partial charge is 0.480 e. The van der Waals surface area contributed by atoms with Crippen molar-refractivity contribution in [3.8, 4) is 0 Å². The minimum atomic E-state index is -1.40. The number of nitrogens with one attached hydrogen (secondary N) is 2. The number of ether oxygens (including phenoxy) is 1. The Kier molecular flexibility index (Phi) is 34.8. The molecule has 0 rings (SSSR count). The maximum atomic E-state index is 12.7. The molecule has 0 aliphatic carbocycles. The third kappa shape index (κ3) is 33.7. The molecular formula is C43H72N2O7. The fraction of sp³-hybridized carbons (Fsp3) is 0.674. The Morgan fingerprint density at radius 2 is 1.15 bits per heavy atom. The molecule has 0 aliphatic heterocycles. The number of carboxylic acid groups (broad SMARTS) is 1. The minimum Gasteiger partial charge on any atom is -0.480 e. The van der Waals surface area contributed by atoms with Gasteiger partial charge in [-0.1, -0.05) is 126 Å². The number of aliphatic hydroxyl groups is 1. The quantitative estimate of drug-likeness (QED) is 0.0289. The summed E-state index contributed by atoms with van der Waals surface area (Å²) >= 11 is 0. The van der Waals surface area contributed by atoms with Crippen LogP contribution in [0.5, 0.6) is 0 Å². The number of amides is 2. The van der Waals surface area contributed by atoms with Gasteiger partial charge in [-0.05, 0) is 83.1 Å². The van der Waals surface area contributed by atoms with Gasteiger partial charge >= 0.3 is 11.9 Å². The number of hydrogen-bond acceptors (Lipinski definition) is 6. The molecule has 2 atom stereocenters. The molecule has 0 aliphatic rings. The number of carboxylic acids is 1. The first-order chi connectivity index (χ1) is 25.3. The predicted molar refractivity (Wildman–Crippen MR) is 213 cm³/mol. The highest BCUT2D eigenvalue weighted by Gasteiger charge is 2.18. The van der Waals surface area contributed by atoms with Gasteiger partial charge in [-0.3, -0.25) is 14.4 Å². The Labute approximate surface area is 315 Å². The van der Waals surface area contributed by atoms with E-state index in [1.165, 1.54) is 57.8 Å². The van der Waals surface area contributed by atoms with Crippen LogP contribution in [0.1, 0.15) is 162 Å². The van der Waals surface area contributed by atoms with Crippen molar-refractivity contribution in [2.45, 2.75) is 174 Å². The number of unbranched alkanes of at least 4 members (excludes halogenated alkanes) is 13. The highest BCUT2D eigenvalue weighted by Crippen LogP contribution is 2.14. The summed E-state index contributed by atoms with van der Waals surface area (Å²) in [5.41, 5.74) is 0. The van der Waals surface area contributed by atoms with E-state index >= 15 is 0 Å². The van der Waals surface area contributed by atoms with Gasteiger partial charge < -0.3 is 25.6 Å². The van der Waals surface area contributed by atoms with E-state index < -0.39 is 24.5 Å². The summed E-state index contributed by atoms with van der Waals surface area (Å²) in [6.45, 7) is 3.29. The lowest BCUT2D eigenvalue weighted by atomic mass is 10.1. The molecule has 4 N–H and O–H groups in total. The Hall–Kier alpha value is -3.46. The average molecular weight is 729 g/mol. The molecule has 0 saturated heterocycles. The van der Waals surface area contributed by atoms with Crippen molar-refractivity contribution in [3.05, 3.63) is 60.8 Å². The number of esters is 1. The molecule has 0 aromatic heterocycles. The summed E-state index contributed by atoms with van der Waals surface area (Å²) in [6.07, 6.45) is 44.0. The fourth-order valence-electron chi connectivity index (χ4n) is 5.38. The van der Waals surface area contributed by atoms with Crippen molar-refractivity contribution in [3.63, 3.8) is 0 Å². The Morgan fingerprint density at radius 1 is 0.615 bits per heavy atom. The van der Waals surface area contributed by atoms with Crippen molar-refractivity contribution >= 4 is 23.8 Å². The maximum Gasteiger partial charge on any atom is 0.328 e. The molecule has 0 saturated carbocycles. The second kappa shape index (κ2) is 37.3. The monoisotopic (exact) mass is 729 g/mol. The zero-order valence-corrected chi connectivity index (χ0v) is 32.5. The number of hydrogen-bond donors (Lipinski definition) is 4. The molecule has 52 heavy (non-hydrogen) atoms. The lowest BCUT2D eigenvalue weighted by molar-refractivity contribution is -0.147. The second-order valence-corrected chi connectivity index (χ2v) is 13.3. The van der Waals surface area contributed by atoms with E-state index in [-0.39, 0.29) is 30.9 Å². The second-order valence-electron chi connectivity index (χ2n) is 13.3. The van der Waals surface area contributed by atoms with Crippen LogP contribution in [0.2, 0.25) is 0 Å². The topological polar surface area (TPSA) is 142 Å². The smallest absolute Gasteiger partial charge is 0.328 e. The van der Waals surface area contributed by atoms with E-state index in [9.17, 15) is 19.2 Å². The van der Waals surface area contributed by atoms with Crippen LogP contribution < -0.4 is 10.6 Å². The Bertz CT molecular complexity index is 1060. The minimum absolute atomic E-state index is 0.172. The summed E-state index contributed by atoms with van der Waals surface area (Å²) in [5, 5.41) is 22.5. The number of aliphatic carboxylic acids is 1. The lowest BCUT2D eigenvalue weighted by Crippen LogP contribution is -2.47. The first-order valence-electron chi connectivity index (χ1n) is 20.2. The molecular weight excluding hydrogens is 656 g/mol. The summed E-state index contributed by atoms with van der Waals surface area (Å²) in [6, 6.07) is -1.40. The Balaban J connectivity index is 4.49. The molecule has 2 unspecified atom stereocenters. The van der Waals surface area contributed by atoms with Gasteiger partial charge in [0.25, 0.3) is 0 Å². The predicted octanol–water partition coefficient (Wildman–Crippen LogP) is 9.37. The van der Waals surface area contributed by atoms with Gasteiger partial charge in [-0.2, -0.15) is 0 Å². The van der Waals surface area contributed by atoms with E-state index in [0.717, 1.165) is 64.2 Å². The van der Waals surface area contributed by atoms with E-state index in [0.29, 0.717) is 19.3 Å². The van der Waals surface area contributed by atoms with Crippen molar-refractivity contribution in [2.75, 3.05) is 13.2 Å². The molecule has 2 amide bonds. The number of rotatable bonds is 35. The summed E-state index contributed by atoms with van der Waals surface area (Å²) in [5.74, 6) is -2.51. The third-order valence-corrected chi connectivity index (χ3v) is 8.48. The first-order valence-corrected chi connectivity index (χ1v) is 20.2. The van der Waals surface area contributed by atoms with Gasteiger partial charge in [0.1, 0.15) is 12.1 Å². The van der Waals surface area contributed by atoms with Crippen molar-refractivity contribution in [1.82, 2.24) is 10.6 Å². The maximum absolute atomic E-state index is 12.7. The van der Waals surface area contributed by atoms with Gasteiger partial charge in [-0.15, -0.1) is 0 Å². The molecule has 0 bridgehead atoms. The zero-order chi connectivity index (χ0) is 38.3. The van der Waals surface area contributed by atoms with Crippen molar-refractivity contribution < 1.29 is 34.1 Å². The number of carbonyl (C=O) groups is 4. The van der Waals surface area contributed by atoms with Gasteiger partial charge in [0.2, 0.25) is 11.8 Å². The van der Waals surface area contributed by atoms with Crippen LogP contribution >= 0.6 is 0 Å². The molecule has 296 valence electrons. The molecule has 0 aromatic carbocycles. The number of carbonyl (C=O) groups excluding carboxylic acids is 3. The lowest BCUT2D eigenvalue weighted by Gasteiger charge is -2.15. The van der Waals surface area contributed by atoms with Crippen LogP contribution in [-0.2, 0) is 23.9 Å². The first kappa shape index (κ1) is 48.5. The molecule has 0 fully saturated rings. The van der Waals surface area contributed by atoms with Crippen LogP contribution in [-0.4, -0.2) is 59.3 Å². The number of aliphatic hydroxyl groups excluding tert-OH is 1. The van der Waals surface area contributed by atoms with Gasteiger partial charge in [-0.25, -0.2) is 4.79 Å². The average Bonchev–Trinajstić information content (AvgIpc) is 3.13. The van der Waals surface area contributed by atoms with Crippen molar-refractivity contribution in [2.24, 2.45) is 0 Å². The highest BCUT2D eigenvalue weighted by molar-refractivity contribution is 5.87. The van der Waals surface area contributed by atoms with Crippen LogP contribution in [0.15, 0.2) is 60.8 Å². The van der Waals surface area contributed by atoms with Crippen LogP contribution in [0.25, 0.3) is 0 Å². The molecule has 9 heteroatoms. The van der Waals surface area contributed by atoms with Gasteiger partial charge in [0, 0.05) is 12.8 Å². The third-order valence-electron chi connectivity index (χ3n) is 8.48. The fourth-order valence-corrected chi connectivity index (χ4v) is 5.38.